The molecule has 2 saturated heterocycles. The van der Waals surface area contributed by atoms with Crippen LogP contribution < -0.4 is 9.80 Å². The van der Waals surface area contributed by atoms with Gasteiger partial charge in [0.2, 0.25) is 0 Å². The molecule has 1 amide bonds. The summed E-state index contributed by atoms with van der Waals surface area (Å²) in [5.41, 5.74) is 1.44. The minimum Gasteiger partial charge on any atom is -0.367 e. The van der Waals surface area contributed by atoms with Crippen LogP contribution in [0.2, 0.25) is 5.02 Å². The normalized spacial score (nSPS) is 17.7. The third-order valence-corrected chi connectivity index (χ3v) is 5.38. The smallest absolute Gasteiger partial charge is 0.274 e. The summed E-state index contributed by atoms with van der Waals surface area (Å²) >= 11 is 6.28. The maximum atomic E-state index is 12.7. The summed E-state index contributed by atoms with van der Waals surface area (Å²) in [5.74, 6) is 0.812. The van der Waals surface area contributed by atoms with Gasteiger partial charge in [0.15, 0.2) is 11.5 Å². The summed E-state index contributed by atoms with van der Waals surface area (Å²) in [6.45, 7) is 4.86. The van der Waals surface area contributed by atoms with E-state index >= 15 is 0 Å². The monoisotopic (exact) mass is 371 g/mol. The Morgan fingerprint density at radius 3 is 2.23 bits per heavy atom. The van der Waals surface area contributed by atoms with Crippen molar-refractivity contribution in [3.8, 4) is 0 Å². The zero-order valence-electron chi connectivity index (χ0n) is 14.6. The zero-order chi connectivity index (χ0) is 17.9. The first-order chi connectivity index (χ1) is 12.7. The lowest BCUT2D eigenvalue weighted by Crippen LogP contribution is -2.49. The van der Waals surface area contributed by atoms with Crippen LogP contribution in [0.5, 0.6) is 0 Å². The molecule has 6 nitrogen and oxygen atoms in total. The first-order valence-corrected chi connectivity index (χ1v) is 9.47. The molecule has 4 rings (SSSR count). The minimum absolute atomic E-state index is 0.0516. The van der Waals surface area contributed by atoms with E-state index in [4.69, 9.17) is 11.6 Å². The lowest BCUT2D eigenvalue weighted by Gasteiger charge is -2.36. The lowest BCUT2D eigenvalue weighted by atomic mass is 10.2. The first kappa shape index (κ1) is 17.1. The van der Waals surface area contributed by atoms with Crippen molar-refractivity contribution < 1.29 is 4.79 Å². The van der Waals surface area contributed by atoms with Crippen molar-refractivity contribution >= 4 is 29.0 Å². The van der Waals surface area contributed by atoms with Gasteiger partial charge in [0.1, 0.15) is 0 Å². The third kappa shape index (κ3) is 3.46. The summed E-state index contributed by atoms with van der Waals surface area (Å²) in [6, 6.07) is 11.5. The number of benzene rings is 1. The number of hydrogen-bond donors (Lipinski definition) is 0. The van der Waals surface area contributed by atoms with Crippen molar-refractivity contribution in [2.45, 2.75) is 12.8 Å². The van der Waals surface area contributed by atoms with E-state index in [0.29, 0.717) is 18.8 Å². The predicted molar refractivity (Wildman–Crippen MR) is 103 cm³/mol. The molecule has 7 heteroatoms. The Morgan fingerprint density at radius 2 is 1.58 bits per heavy atom. The largest absolute Gasteiger partial charge is 0.367 e. The van der Waals surface area contributed by atoms with Gasteiger partial charge in [0.05, 0.1) is 10.7 Å². The molecule has 2 aliphatic rings. The molecule has 2 aromatic rings. The molecule has 2 aliphatic heterocycles. The Morgan fingerprint density at radius 1 is 0.846 bits per heavy atom. The summed E-state index contributed by atoms with van der Waals surface area (Å²) in [6.07, 6.45) is 2.39. The summed E-state index contributed by atoms with van der Waals surface area (Å²) in [7, 11) is 0. The number of hydrogen-bond acceptors (Lipinski definition) is 5. The molecule has 0 unspecified atom stereocenters. The number of nitrogens with zero attached hydrogens (tertiary/aromatic N) is 5. The SMILES string of the molecule is O=C(c1ccc(N2CCCC2)nn1)N1CCN(c2ccccc2Cl)CC1. The quantitative estimate of drug-likeness (QED) is 0.830. The van der Waals surface area contributed by atoms with Crippen LogP contribution in [-0.4, -0.2) is 60.3 Å². The average molecular weight is 372 g/mol. The summed E-state index contributed by atoms with van der Waals surface area (Å²) in [4.78, 5) is 19.0. The van der Waals surface area contributed by atoms with Gasteiger partial charge < -0.3 is 14.7 Å². The number of piperazine rings is 1. The fourth-order valence-corrected chi connectivity index (χ4v) is 3.83. The Kier molecular flexibility index (Phi) is 4.93. The summed E-state index contributed by atoms with van der Waals surface area (Å²) < 4.78 is 0. The second-order valence-electron chi connectivity index (χ2n) is 6.70. The molecule has 0 spiro atoms. The van der Waals surface area contributed by atoms with Gasteiger partial charge in [-0.15, -0.1) is 10.2 Å². The molecule has 1 aromatic carbocycles. The highest BCUT2D eigenvalue weighted by molar-refractivity contribution is 6.33. The number of para-hydroxylation sites is 1. The highest BCUT2D eigenvalue weighted by Gasteiger charge is 2.24. The number of carbonyl (C=O) groups excluding carboxylic acids is 1. The number of amides is 1. The maximum absolute atomic E-state index is 12.7. The molecule has 0 aliphatic carbocycles. The van der Waals surface area contributed by atoms with Gasteiger partial charge in [0.25, 0.3) is 5.91 Å². The van der Waals surface area contributed by atoms with E-state index in [1.165, 1.54) is 12.8 Å². The fourth-order valence-electron chi connectivity index (χ4n) is 3.57. The highest BCUT2D eigenvalue weighted by Crippen LogP contribution is 2.26. The van der Waals surface area contributed by atoms with Gasteiger partial charge in [-0.1, -0.05) is 23.7 Å². The van der Waals surface area contributed by atoms with Gasteiger partial charge in [-0.05, 0) is 37.1 Å². The van der Waals surface area contributed by atoms with Crippen LogP contribution in [-0.2, 0) is 0 Å². The van der Waals surface area contributed by atoms with Crippen molar-refractivity contribution in [1.82, 2.24) is 15.1 Å². The Balaban J connectivity index is 1.38. The fraction of sp³-hybridized carbons (Fsp3) is 0.421. The van der Waals surface area contributed by atoms with E-state index in [-0.39, 0.29) is 5.91 Å². The van der Waals surface area contributed by atoms with Crippen LogP contribution in [0.1, 0.15) is 23.3 Å². The first-order valence-electron chi connectivity index (χ1n) is 9.10. The zero-order valence-corrected chi connectivity index (χ0v) is 15.4. The van der Waals surface area contributed by atoms with Gasteiger partial charge in [-0.25, -0.2) is 0 Å². The average Bonchev–Trinajstić information content (AvgIpc) is 3.23. The molecule has 0 radical (unpaired) electrons. The molecule has 2 fully saturated rings. The molecule has 0 bridgehead atoms. The van der Waals surface area contributed by atoms with E-state index in [1.54, 1.807) is 6.07 Å². The number of anilines is 2. The number of halogens is 1. The number of carbonyl (C=O) groups is 1. The molecule has 0 saturated carbocycles. The van der Waals surface area contributed by atoms with E-state index in [9.17, 15) is 4.79 Å². The van der Waals surface area contributed by atoms with E-state index < -0.39 is 0 Å². The number of rotatable bonds is 3. The van der Waals surface area contributed by atoms with Crippen LogP contribution in [0.3, 0.4) is 0 Å². The van der Waals surface area contributed by atoms with E-state index in [1.807, 2.05) is 35.2 Å². The topological polar surface area (TPSA) is 52.6 Å². The Bertz CT molecular complexity index is 768. The van der Waals surface area contributed by atoms with E-state index in [0.717, 1.165) is 42.7 Å². The molecule has 1 aromatic heterocycles. The minimum atomic E-state index is -0.0516. The number of aromatic nitrogens is 2. The van der Waals surface area contributed by atoms with Gasteiger partial charge >= 0.3 is 0 Å². The van der Waals surface area contributed by atoms with Crippen molar-refractivity contribution in [3.63, 3.8) is 0 Å². The molecule has 3 heterocycles. The maximum Gasteiger partial charge on any atom is 0.274 e. The lowest BCUT2D eigenvalue weighted by molar-refractivity contribution is 0.0739. The Hall–Kier alpha value is -2.34. The summed E-state index contributed by atoms with van der Waals surface area (Å²) in [5, 5.41) is 9.17. The Labute approximate surface area is 158 Å². The standard InChI is InChI=1S/C19H22ClN5O/c20-15-5-1-2-6-17(15)23-11-13-25(14-12-23)19(26)16-7-8-18(22-21-16)24-9-3-4-10-24/h1-2,5-8H,3-4,9-14H2. The van der Waals surface area contributed by atoms with Crippen molar-refractivity contribution in [1.29, 1.82) is 0 Å². The van der Waals surface area contributed by atoms with Gasteiger partial charge in [0, 0.05) is 39.3 Å². The van der Waals surface area contributed by atoms with Gasteiger partial charge in [-0.2, -0.15) is 0 Å². The second kappa shape index (κ2) is 7.50. The van der Waals surface area contributed by atoms with Crippen molar-refractivity contribution in [3.05, 3.63) is 47.1 Å². The molecular formula is C19H22ClN5O. The molecule has 0 N–H and O–H groups in total. The second-order valence-corrected chi connectivity index (χ2v) is 7.11. The van der Waals surface area contributed by atoms with Crippen LogP contribution in [0.25, 0.3) is 0 Å². The predicted octanol–water partition coefficient (Wildman–Crippen LogP) is 2.69. The molecular weight excluding hydrogens is 350 g/mol. The molecule has 26 heavy (non-hydrogen) atoms. The third-order valence-electron chi connectivity index (χ3n) is 5.06. The van der Waals surface area contributed by atoms with Crippen LogP contribution in [0.15, 0.2) is 36.4 Å². The molecule has 136 valence electrons. The van der Waals surface area contributed by atoms with Crippen LogP contribution >= 0.6 is 11.6 Å². The van der Waals surface area contributed by atoms with Gasteiger partial charge in [-0.3, -0.25) is 4.79 Å². The highest BCUT2D eigenvalue weighted by atomic mass is 35.5. The van der Waals surface area contributed by atoms with Crippen LogP contribution in [0.4, 0.5) is 11.5 Å². The van der Waals surface area contributed by atoms with Crippen molar-refractivity contribution in [2.24, 2.45) is 0 Å². The van der Waals surface area contributed by atoms with Crippen LogP contribution in [0, 0.1) is 0 Å². The van der Waals surface area contributed by atoms with Crippen molar-refractivity contribution in [2.75, 3.05) is 49.1 Å². The molecule has 0 atom stereocenters. The van der Waals surface area contributed by atoms with E-state index in [2.05, 4.69) is 20.0 Å².